The third kappa shape index (κ3) is 2.69. The van der Waals surface area contributed by atoms with E-state index in [-0.39, 0.29) is 12.0 Å². The predicted molar refractivity (Wildman–Crippen MR) is 81.8 cm³/mol. The van der Waals surface area contributed by atoms with Crippen LogP contribution in [-0.4, -0.2) is 32.0 Å². The predicted octanol–water partition coefficient (Wildman–Crippen LogP) is 2.10. The summed E-state index contributed by atoms with van der Waals surface area (Å²) in [7, 11) is 0. The Balaban J connectivity index is 2.01. The van der Waals surface area contributed by atoms with E-state index >= 15 is 0 Å². The molecule has 2 aromatic rings. The van der Waals surface area contributed by atoms with Crippen LogP contribution in [0.5, 0.6) is 0 Å². The molecule has 0 radical (unpaired) electrons. The molecular formula is C15H19ClN4O. The van der Waals surface area contributed by atoms with Gasteiger partial charge in [-0.3, -0.25) is 0 Å². The summed E-state index contributed by atoms with van der Waals surface area (Å²) < 4.78 is 1.82. The Morgan fingerprint density at radius 3 is 2.71 bits per heavy atom. The Hall–Kier alpha value is -1.43. The van der Waals surface area contributed by atoms with E-state index in [9.17, 15) is 5.11 Å². The molecule has 1 saturated carbocycles. The van der Waals surface area contributed by atoms with Gasteiger partial charge in [0.2, 0.25) is 0 Å². The van der Waals surface area contributed by atoms with Crippen LogP contribution in [-0.2, 0) is 0 Å². The average Bonchev–Trinajstić information content (AvgIpc) is 2.97. The van der Waals surface area contributed by atoms with E-state index in [0.29, 0.717) is 17.3 Å². The molecule has 0 spiro atoms. The first kappa shape index (κ1) is 14.5. The van der Waals surface area contributed by atoms with Crippen molar-refractivity contribution in [3.05, 3.63) is 40.4 Å². The lowest BCUT2D eigenvalue weighted by Crippen LogP contribution is -2.28. The number of halogens is 1. The van der Waals surface area contributed by atoms with Crippen LogP contribution >= 0.6 is 11.6 Å². The van der Waals surface area contributed by atoms with E-state index in [2.05, 4.69) is 10.1 Å². The van der Waals surface area contributed by atoms with Crippen LogP contribution in [0.1, 0.15) is 36.0 Å². The first-order chi connectivity index (χ1) is 9.95. The highest BCUT2D eigenvalue weighted by atomic mass is 35.5. The molecule has 21 heavy (non-hydrogen) atoms. The van der Waals surface area contributed by atoms with Gasteiger partial charge in [-0.05, 0) is 44.4 Å². The van der Waals surface area contributed by atoms with Crippen molar-refractivity contribution in [3.8, 4) is 5.69 Å². The molecule has 1 aromatic carbocycles. The van der Waals surface area contributed by atoms with Crippen molar-refractivity contribution < 1.29 is 5.11 Å². The normalized spacial score (nSPS) is 25.5. The summed E-state index contributed by atoms with van der Waals surface area (Å²) in [6.45, 7) is 3.83. The molecule has 1 aliphatic carbocycles. The Morgan fingerprint density at radius 1 is 1.33 bits per heavy atom. The van der Waals surface area contributed by atoms with Gasteiger partial charge in [0.1, 0.15) is 11.6 Å². The Labute approximate surface area is 128 Å². The van der Waals surface area contributed by atoms with Gasteiger partial charge in [0.25, 0.3) is 0 Å². The molecule has 3 atom stereocenters. The lowest BCUT2D eigenvalue weighted by molar-refractivity contribution is 0.163. The molecule has 0 saturated heterocycles. The summed E-state index contributed by atoms with van der Waals surface area (Å²) >= 11 is 6.21. The summed E-state index contributed by atoms with van der Waals surface area (Å²) in [6, 6.07) is 5.64. The van der Waals surface area contributed by atoms with Gasteiger partial charge in [-0.1, -0.05) is 17.7 Å². The van der Waals surface area contributed by atoms with Gasteiger partial charge in [0.15, 0.2) is 0 Å². The first-order valence-corrected chi connectivity index (χ1v) is 7.47. The molecule has 0 aliphatic heterocycles. The van der Waals surface area contributed by atoms with Crippen molar-refractivity contribution in [2.24, 2.45) is 5.73 Å². The second-order valence-electron chi connectivity index (χ2n) is 5.76. The van der Waals surface area contributed by atoms with Crippen molar-refractivity contribution in [1.29, 1.82) is 0 Å². The lowest BCUT2D eigenvalue weighted by atomic mass is 10.1. The monoisotopic (exact) mass is 306 g/mol. The lowest BCUT2D eigenvalue weighted by Gasteiger charge is -2.12. The highest BCUT2D eigenvalue weighted by Gasteiger charge is 2.34. The fraction of sp³-hybridized carbons (Fsp3) is 0.467. The second-order valence-corrected chi connectivity index (χ2v) is 6.17. The van der Waals surface area contributed by atoms with Gasteiger partial charge in [0.05, 0.1) is 11.8 Å². The van der Waals surface area contributed by atoms with Gasteiger partial charge in [-0.25, -0.2) is 9.67 Å². The first-order valence-electron chi connectivity index (χ1n) is 7.09. The molecule has 1 fully saturated rings. The molecule has 3 N–H and O–H groups in total. The van der Waals surface area contributed by atoms with Crippen molar-refractivity contribution in [2.45, 2.75) is 44.8 Å². The molecule has 5 nitrogen and oxygen atoms in total. The Kier molecular flexibility index (Phi) is 3.73. The average molecular weight is 307 g/mol. The van der Waals surface area contributed by atoms with E-state index < -0.39 is 6.10 Å². The van der Waals surface area contributed by atoms with Gasteiger partial charge >= 0.3 is 0 Å². The van der Waals surface area contributed by atoms with Crippen molar-refractivity contribution in [2.75, 3.05) is 0 Å². The minimum absolute atomic E-state index is 0.122. The van der Waals surface area contributed by atoms with E-state index in [4.69, 9.17) is 17.3 Å². The van der Waals surface area contributed by atoms with Gasteiger partial charge < -0.3 is 10.8 Å². The fourth-order valence-electron chi connectivity index (χ4n) is 2.86. The highest BCUT2D eigenvalue weighted by molar-refractivity contribution is 6.31. The van der Waals surface area contributed by atoms with Crippen LogP contribution in [0.25, 0.3) is 5.69 Å². The summed E-state index contributed by atoms with van der Waals surface area (Å²) in [5.41, 5.74) is 7.83. The van der Waals surface area contributed by atoms with Crippen LogP contribution < -0.4 is 5.73 Å². The van der Waals surface area contributed by atoms with Gasteiger partial charge in [-0.15, -0.1) is 0 Å². The molecule has 0 unspecified atom stereocenters. The van der Waals surface area contributed by atoms with E-state index in [0.717, 1.165) is 23.5 Å². The van der Waals surface area contributed by atoms with Crippen molar-refractivity contribution in [3.63, 3.8) is 0 Å². The number of aliphatic hydroxyl groups excluding tert-OH is 1. The second kappa shape index (κ2) is 5.40. The van der Waals surface area contributed by atoms with Crippen LogP contribution in [0, 0.1) is 13.8 Å². The summed E-state index contributed by atoms with van der Waals surface area (Å²) in [5, 5.41) is 15.0. The van der Waals surface area contributed by atoms with E-state index in [1.807, 2.05) is 36.7 Å². The van der Waals surface area contributed by atoms with Crippen LogP contribution in [0.2, 0.25) is 5.02 Å². The summed E-state index contributed by atoms with van der Waals surface area (Å²) in [4.78, 5) is 4.53. The number of benzene rings is 1. The van der Waals surface area contributed by atoms with E-state index in [1.165, 1.54) is 0 Å². The minimum atomic E-state index is -0.470. The quantitative estimate of drug-likeness (QED) is 0.891. The number of nitrogens with two attached hydrogens (primary N) is 1. The zero-order valence-electron chi connectivity index (χ0n) is 12.1. The van der Waals surface area contributed by atoms with Gasteiger partial charge in [0, 0.05) is 17.0 Å². The number of nitrogens with zero attached hydrogens (tertiary/aromatic N) is 3. The number of hydrogen-bond acceptors (Lipinski definition) is 4. The molecule has 6 heteroatoms. The van der Waals surface area contributed by atoms with E-state index in [1.54, 1.807) is 0 Å². The zero-order valence-corrected chi connectivity index (χ0v) is 12.9. The Bertz CT molecular complexity index is 660. The molecule has 3 rings (SSSR count). The third-order valence-electron chi connectivity index (χ3n) is 4.08. The third-order valence-corrected chi connectivity index (χ3v) is 4.49. The molecular weight excluding hydrogens is 288 g/mol. The Morgan fingerprint density at radius 2 is 2.10 bits per heavy atom. The molecule has 1 aromatic heterocycles. The summed E-state index contributed by atoms with van der Waals surface area (Å²) in [5.74, 6) is 1.67. The fourth-order valence-corrected chi connectivity index (χ4v) is 3.03. The number of aryl methyl sites for hydroxylation is 2. The SMILES string of the molecule is Cc1nc([C@H]2C[C@@H](N)[C@H](O)C2)n(-c2ccc(C)c(Cl)c2)n1. The molecule has 1 aliphatic rings. The molecule has 112 valence electrons. The topological polar surface area (TPSA) is 77.0 Å². The maximum Gasteiger partial charge on any atom is 0.148 e. The van der Waals surface area contributed by atoms with Crippen LogP contribution in [0.4, 0.5) is 0 Å². The smallest absolute Gasteiger partial charge is 0.148 e. The van der Waals surface area contributed by atoms with Crippen LogP contribution in [0.3, 0.4) is 0 Å². The largest absolute Gasteiger partial charge is 0.391 e. The maximum absolute atomic E-state index is 9.87. The highest BCUT2D eigenvalue weighted by Crippen LogP contribution is 2.34. The number of hydrogen-bond donors (Lipinski definition) is 2. The van der Waals surface area contributed by atoms with Crippen LogP contribution in [0.15, 0.2) is 18.2 Å². The zero-order chi connectivity index (χ0) is 15.1. The molecule has 1 heterocycles. The summed E-state index contributed by atoms with van der Waals surface area (Å²) in [6.07, 6.45) is 0.875. The maximum atomic E-state index is 9.87. The number of aliphatic hydroxyl groups is 1. The molecule has 0 amide bonds. The minimum Gasteiger partial charge on any atom is -0.391 e. The number of aromatic nitrogens is 3. The van der Waals surface area contributed by atoms with Gasteiger partial charge in [-0.2, -0.15) is 5.10 Å². The molecule has 0 bridgehead atoms. The van der Waals surface area contributed by atoms with Crippen molar-refractivity contribution in [1.82, 2.24) is 14.8 Å². The standard InChI is InChI=1S/C15H19ClN4O/c1-8-3-4-11(7-12(8)16)20-15(18-9(2)19-20)10-5-13(17)14(21)6-10/h3-4,7,10,13-14,21H,5-6,17H2,1-2H3/t10-,13+,14+/m0/s1. The van der Waals surface area contributed by atoms with Crippen molar-refractivity contribution >= 4 is 11.6 Å². The number of rotatable bonds is 2.